The minimum Gasteiger partial charge on any atom is -0.494 e. The number of carbonyl (C=O) groups is 1. The van der Waals surface area contributed by atoms with E-state index in [4.69, 9.17) is 0 Å². The molecule has 3 aromatic carbocycles. The summed E-state index contributed by atoms with van der Waals surface area (Å²) in [6.07, 6.45) is 0. The van der Waals surface area contributed by atoms with E-state index < -0.39 is 15.9 Å². The molecule has 0 saturated heterocycles. The van der Waals surface area contributed by atoms with Crippen molar-refractivity contribution in [3.8, 4) is 5.88 Å². The molecular formula is C25H21N3O4S. The number of carbonyl (C=O) groups excluding carboxylic acids is 1. The molecular weight excluding hydrogens is 438 g/mol. The topological polar surface area (TPSA) is 101 Å². The van der Waals surface area contributed by atoms with Gasteiger partial charge in [0.05, 0.1) is 26.9 Å². The Morgan fingerprint density at radius 2 is 1.79 bits per heavy atom. The van der Waals surface area contributed by atoms with Crippen LogP contribution < -0.4 is 15.3 Å². The van der Waals surface area contributed by atoms with Crippen LogP contribution in [0.5, 0.6) is 5.88 Å². The molecule has 5 rings (SSSR count). The summed E-state index contributed by atoms with van der Waals surface area (Å²) in [5.41, 5.74) is 2.79. The molecule has 0 fully saturated rings. The number of amides is 1. The van der Waals surface area contributed by atoms with Crippen molar-refractivity contribution >= 4 is 38.1 Å². The van der Waals surface area contributed by atoms with Crippen LogP contribution in [0.15, 0.2) is 76.6 Å². The zero-order valence-corrected chi connectivity index (χ0v) is 18.8. The summed E-state index contributed by atoms with van der Waals surface area (Å²) in [5, 5.41) is 12.6. The number of aryl methyl sites for hydroxylation is 2. The second-order valence-electron chi connectivity index (χ2n) is 7.86. The summed E-state index contributed by atoms with van der Waals surface area (Å²) in [6.45, 7) is 4.36. The van der Waals surface area contributed by atoms with Crippen molar-refractivity contribution in [2.24, 2.45) is 4.99 Å². The van der Waals surface area contributed by atoms with Crippen molar-refractivity contribution in [1.29, 1.82) is 0 Å². The number of hydrogen-bond donors (Lipinski definition) is 2. The molecule has 7 nitrogen and oxygen atoms in total. The summed E-state index contributed by atoms with van der Waals surface area (Å²) in [7, 11) is -3.90. The van der Waals surface area contributed by atoms with Crippen LogP contribution in [0.2, 0.25) is 0 Å². The lowest BCUT2D eigenvalue weighted by atomic mass is 10.0. The Morgan fingerprint density at radius 1 is 1.03 bits per heavy atom. The van der Waals surface area contributed by atoms with Gasteiger partial charge in [-0.05, 0) is 49.7 Å². The monoisotopic (exact) mass is 459 g/mol. The van der Waals surface area contributed by atoms with Gasteiger partial charge >= 0.3 is 0 Å². The molecule has 1 aliphatic heterocycles. The second-order valence-corrected chi connectivity index (χ2v) is 9.54. The number of rotatable bonds is 5. The smallest absolute Gasteiger partial charge is 0.279 e. The number of hydrogen-bond acceptors (Lipinski definition) is 4. The van der Waals surface area contributed by atoms with Gasteiger partial charge in [-0.1, -0.05) is 36.4 Å². The second kappa shape index (κ2) is 7.60. The predicted molar refractivity (Wildman–Crippen MR) is 126 cm³/mol. The first kappa shape index (κ1) is 21.0. The van der Waals surface area contributed by atoms with E-state index in [9.17, 15) is 18.3 Å². The number of benzene rings is 3. The maximum Gasteiger partial charge on any atom is 0.279 e. The molecule has 33 heavy (non-hydrogen) atoms. The van der Waals surface area contributed by atoms with Crippen molar-refractivity contribution in [3.63, 3.8) is 0 Å². The van der Waals surface area contributed by atoms with Crippen LogP contribution in [0.25, 0.3) is 16.5 Å². The molecule has 2 N–H and O–H groups in total. The van der Waals surface area contributed by atoms with Gasteiger partial charge in [0.25, 0.3) is 15.9 Å². The quantitative estimate of drug-likeness (QED) is 0.479. The number of nitrogens with zero attached hydrogens (tertiary/aromatic N) is 2. The third kappa shape index (κ3) is 3.30. The first-order valence-electron chi connectivity index (χ1n) is 10.5. The highest BCUT2D eigenvalue weighted by atomic mass is 32.2. The van der Waals surface area contributed by atoms with Gasteiger partial charge in [0.1, 0.15) is 0 Å². The van der Waals surface area contributed by atoms with E-state index >= 15 is 0 Å². The zero-order valence-electron chi connectivity index (χ0n) is 18.0. The van der Waals surface area contributed by atoms with Gasteiger partial charge in [-0.15, -0.1) is 0 Å². The van der Waals surface area contributed by atoms with E-state index in [2.05, 4.69) is 9.71 Å². The Bertz CT molecular complexity index is 1670. The van der Waals surface area contributed by atoms with Crippen LogP contribution in [-0.4, -0.2) is 24.0 Å². The number of para-hydroxylation sites is 2. The average molecular weight is 460 g/mol. The highest BCUT2D eigenvalue weighted by molar-refractivity contribution is 7.92. The van der Waals surface area contributed by atoms with E-state index in [1.165, 1.54) is 18.2 Å². The summed E-state index contributed by atoms with van der Waals surface area (Å²) < 4.78 is 30.3. The predicted octanol–water partition coefficient (Wildman–Crippen LogP) is 2.83. The van der Waals surface area contributed by atoms with Crippen molar-refractivity contribution in [1.82, 2.24) is 4.57 Å². The summed E-state index contributed by atoms with van der Waals surface area (Å²) in [6, 6.07) is 18.6. The summed E-state index contributed by atoms with van der Waals surface area (Å²) in [5.74, 6) is -0.550. The number of anilines is 1. The van der Waals surface area contributed by atoms with E-state index in [-0.39, 0.29) is 16.3 Å². The average Bonchev–Trinajstić information content (AvgIpc) is 3.26. The largest absolute Gasteiger partial charge is 0.494 e. The minimum atomic E-state index is -3.90. The fraction of sp³-hybridized carbons (Fsp3) is 0.120. The van der Waals surface area contributed by atoms with Crippen molar-refractivity contribution in [2.45, 2.75) is 25.3 Å². The summed E-state index contributed by atoms with van der Waals surface area (Å²) in [4.78, 5) is 17.1. The molecule has 0 aliphatic carbocycles. The van der Waals surface area contributed by atoms with E-state index in [1.54, 1.807) is 34.9 Å². The van der Waals surface area contributed by atoms with E-state index in [0.29, 0.717) is 28.4 Å². The Hall–Kier alpha value is -3.91. The number of aromatic hydroxyl groups is 1. The third-order valence-corrected chi connectivity index (χ3v) is 7.21. The first-order chi connectivity index (χ1) is 15.8. The highest BCUT2D eigenvalue weighted by Crippen LogP contribution is 2.37. The number of sulfonamides is 1. The van der Waals surface area contributed by atoms with Gasteiger partial charge in [0.2, 0.25) is 0 Å². The molecule has 8 heteroatoms. The van der Waals surface area contributed by atoms with Gasteiger partial charge in [-0.25, -0.2) is 13.4 Å². The lowest BCUT2D eigenvalue weighted by Gasteiger charge is -2.08. The van der Waals surface area contributed by atoms with Crippen LogP contribution in [0.4, 0.5) is 5.69 Å². The van der Waals surface area contributed by atoms with Crippen LogP contribution in [-0.2, 0) is 21.4 Å². The Kier molecular flexibility index (Phi) is 4.83. The molecule has 2 heterocycles. The van der Waals surface area contributed by atoms with Gasteiger partial charge in [0, 0.05) is 22.8 Å². The molecule has 1 amide bonds. The molecule has 0 atom stereocenters. The van der Waals surface area contributed by atoms with Gasteiger partial charge in [-0.3, -0.25) is 9.52 Å². The molecule has 0 spiro atoms. The molecule has 4 aromatic rings. The van der Waals surface area contributed by atoms with Crippen molar-refractivity contribution in [2.75, 3.05) is 4.72 Å². The number of fused-ring (bicyclic) bond motifs is 2. The molecule has 0 unspecified atom stereocenters. The Balaban J connectivity index is 1.77. The standard InChI is InChI=1S/C25H21N3O4S/c1-3-28-23-15(2)8-7-11-18(23)22(25(28)30)21-19-14-17(12-13-20(19)26-24(21)29)33(31,32)27-16-9-5-4-6-10-16/h4-14,27,30H,3H2,1-2H3. The Labute approximate surface area is 190 Å². The molecule has 0 saturated carbocycles. The van der Waals surface area contributed by atoms with Crippen LogP contribution in [0.1, 0.15) is 18.1 Å². The minimum absolute atomic E-state index is 0.00223. The van der Waals surface area contributed by atoms with Gasteiger partial charge < -0.3 is 9.67 Å². The van der Waals surface area contributed by atoms with Crippen LogP contribution in [0.3, 0.4) is 0 Å². The molecule has 1 aromatic heterocycles. The fourth-order valence-corrected chi connectivity index (χ4v) is 5.44. The van der Waals surface area contributed by atoms with Crippen LogP contribution in [0, 0.1) is 6.92 Å². The molecule has 1 aliphatic rings. The van der Waals surface area contributed by atoms with Gasteiger partial charge in [0.15, 0.2) is 5.88 Å². The van der Waals surface area contributed by atoms with Gasteiger partial charge in [-0.2, -0.15) is 0 Å². The normalized spacial score (nSPS) is 13.3. The lowest BCUT2D eigenvalue weighted by molar-refractivity contribution is -0.112. The maximum absolute atomic E-state index is 13.0. The first-order valence-corrected chi connectivity index (χ1v) is 12.0. The lowest BCUT2D eigenvalue weighted by Crippen LogP contribution is -2.26. The fourth-order valence-electron chi connectivity index (χ4n) is 4.36. The third-order valence-electron chi connectivity index (χ3n) is 5.83. The Morgan fingerprint density at radius 3 is 2.52 bits per heavy atom. The zero-order chi connectivity index (χ0) is 23.3. The van der Waals surface area contributed by atoms with E-state index in [0.717, 1.165) is 16.5 Å². The highest BCUT2D eigenvalue weighted by Gasteiger charge is 2.28. The van der Waals surface area contributed by atoms with Crippen molar-refractivity contribution in [3.05, 3.63) is 88.4 Å². The number of nitrogens with one attached hydrogen (secondary N) is 1. The van der Waals surface area contributed by atoms with Crippen molar-refractivity contribution < 1.29 is 18.3 Å². The molecule has 0 radical (unpaired) electrons. The number of aromatic nitrogens is 1. The SMILES string of the molecule is CCn1c(O)c(C2=c3cc(S(=O)(=O)Nc4ccccc4)ccc3=NC2=O)c2cccc(C)c21. The summed E-state index contributed by atoms with van der Waals surface area (Å²) >= 11 is 0. The molecule has 166 valence electrons. The van der Waals surface area contributed by atoms with Crippen LogP contribution >= 0.6 is 0 Å². The molecule has 0 bridgehead atoms. The van der Waals surface area contributed by atoms with E-state index in [1.807, 2.05) is 32.0 Å². The maximum atomic E-state index is 13.0.